The van der Waals surface area contributed by atoms with E-state index in [9.17, 15) is 5.21 Å². The zero-order valence-corrected chi connectivity index (χ0v) is 7.81. The van der Waals surface area contributed by atoms with Crippen molar-refractivity contribution in [2.45, 2.75) is 19.5 Å². The third kappa shape index (κ3) is 3.01. The predicted molar refractivity (Wildman–Crippen MR) is 55.0 cm³/mol. The van der Waals surface area contributed by atoms with Gasteiger partial charge >= 0.3 is 0 Å². The van der Waals surface area contributed by atoms with Crippen LogP contribution in [0.15, 0.2) is 43.0 Å². The minimum absolute atomic E-state index is 0.125. The van der Waals surface area contributed by atoms with E-state index in [4.69, 9.17) is 0 Å². The summed E-state index contributed by atoms with van der Waals surface area (Å²) in [6.45, 7) is 5.84. The van der Waals surface area contributed by atoms with Gasteiger partial charge in [-0.05, 0) is 12.5 Å². The Hall–Kier alpha value is -1.12. The lowest BCUT2D eigenvalue weighted by molar-refractivity contribution is 0.331. The summed E-state index contributed by atoms with van der Waals surface area (Å²) >= 11 is 0. The van der Waals surface area contributed by atoms with E-state index >= 15 is 0 Å². The lowest BCUT2D eigenvalue weighted by Gasteiger charge is -2.32. The highest BCUT2D eigenvalue weighted by Crippen LogP contribution is 2.06. The van der Waals surface area contributed by atoms with Crippen molar-refractivity contribution in [3.63, 3.8) is 0 Å². The van der Waals surface area contributed by atoms with Crippen LogP contribution in [0.25, 0.3) is 0 Å². The maximum atomic E-state index is 11.4. The second kappa shape index (κ2) is 4.80. The molecule has 1 rings (SSSR count). The second-order valence-electron chi connectivity index (χ2n) is 3.04. The molecule has 2 heteroatoms. The Balaban J connectivity index is 2.54. The first-order valence-corrected chi connectivity index (χ1v) is 4.34. The molecule has 70 valence electrons. The molecule has 1 aromatic carbocycles. The van der Waals surface area contributed by atoms with Crippen LogP contribution in [0.3, 0.4) is 0 Å². The molecule has 0 fully saturated rings. The maximum Gasteiger partial charge on any atom is 0.0130 e. The standard InChI is InChI=1S/C11H14NO/c1-3-10(2)12(13)9-11-7-5-4-6-8-11/h3-8,10H,1,9H2,2H3/q-1/t10-/m0/s1. The molecule has 1 atom stereocenters. The number of hydrogen-bond acceptors (Lipinski definition) is 2. The van der Waals surface area contributed by atoms with Gasteiger partial charge in [-0.15, -0.1) is 6.58 Å². The largest absolute Gasteiger partial charge is 0.784 e. The minimum atomic E-state index is -0.125. The van der Waals surface area contributed by atoms with Gasteiger partial charge in [0.05, 0.1) is 0 Å². The molecule has 0 N–H and O–H groups in total. The molecular formula is C11H14NO-. The van der Waals surface area contributed by atoms with Crippen molar-refractivity contribution in [3.8, 4) is 0 Å². The summed E-state index contributed by atoms with van der Waals surface area (Å²) in [6.07, 6.45) is 1.65. The van der Waals surface area contributed by atoms with Gasteiger partial charge in [0.15, 0.2) is 0 Å². The fourth-order valence-electron chi connectivity index (χ4n) is 1.02. The first-order valence-electron chi connectivity index (χ1n) is 4.34. The highest BCUT2D eigenvalue weighted by atomic mass is 16.5. The van der Waals surface area contributed by atoms with Crippen molar-refractivity contribution in [3.05, 3.63) is 53.8 Å². The Labute approximate surface area is 79.1 Å². The summed E-state index contributed by atoms with van der Waals surface area (Å²) < 4.78 is 0. The van der Waals surface area contributed by atoms with Crippen LogP contribution in [-0.2, 0) is 6.54 Å². The first-order chi connectivity index (χ1) is 6.24. The predicted octanol–water partition coefficient (Wildman–Crippen LogP) is 2.56. The molecule has 0 aliphatic carbocycles. The Bertz CT molecular complexity index is 258. The third-order valence-corrected chi connectivity index (χ3v) is 1.98. The number of hydrogen-bond donors (Lipinski definition) is 0. The number of benzene rings is 1. The monoisotopic (exact) mass is 176 g/mol. The van der Waals surface area contributed by atoms with Gasteiger partial charge in [-0.3, -0.25) is 0 Å². The van der Waals surface area contributed by atoms with Crippen molar-refractivity contribution in [2.75, 3.05) is 0 Å². The molecule has 0 amide bonds. The second-order valence-corrected chi connectivity index (χ2v) is 3.04. The van der Waals surface area contributed by atoms with Gasteiger partial charge in [-0.1, -0.05) is 36.4 Å². The summed E-state index contributed by atoms with van der Waals surface area (Å²) in [5.41, 5.74) is 1.03. The molecule has 1 aromatic rings. The molecule has 0 aromatic heterocycles. The zero-order chi connectivity index (χ0) is 9.68. The van der Waals surface area contributed by atoms with Crippen molar-refractivity contribution in [2.24, 2.45) is 0 Å². The van der Waals surface area contributed by atoms with E-state index in [0.29, 0.717) is 6.54 Å². The van der Waals surface area contributed by atoms with Gasteiger partial charge < -0.3 is 10.3 Å². The molecule has 13 heavy (non-hydrogen) atoms. The summed E-state index contributed by atoms with van der Waals surface area (Å²) in [4.78, 5) is 0. The van der Waals surface area contributed by atoms with Gasteiger partial charge in [0.1, 0.15) is 0 Å². The van der Waals surface area contributed by atoms with Crippen LogP contribution < -0.4 is 0 Å². The van der Waals surface area contributed by atoms with E-state index in [2.05, 4.69) is 6.58 Å². The number of hydroxylamine groups is 2. The fourth-order valence-corrected chi connectivity index (χ4v) is 1.02. The van der Waals surface area contributed by atoms with Crippen LogP contribution in [0.5, 0.6) is 0 Å². The lowest BCUT2D eigenvalue weighted by atomic mass is 10.2. The molecule has 0 aliphatic heterocycles. The van der Waals surface area contributed by atoms with E-state index in [1.165, 1.54) is 0 Å². The van der Waals surface area contributed by atoms with Crippen molar-refractivity contribution in [1.82, 2.24) is 5.06 Å². The van der Waals surface area contributed by atoms with Gasteiger partial charge in [0.25, 0.3) is 0 Å². The van der Waals surface area contributed by atoms with Crippen molar-refractivity contribution >= 4 is 0 Å². The molecule has 0 heterocycles. The fraction of sp³-hybridized carbons (Fsp3) is 0.273. The molecule has 0 bridgehead atoms. The Kier molecular flexibility index (Phi) is 3.68. The first kappa shape index (κ1) is 9.96. The van der Waals surface area contributed by atoms with E-state index in [0.717, 1.165) is 10.6 Å². The Morgan fingerprint density at radius 1 is 1.46 bits per heavy atom. The van der Waals surface area contributed by atoms with E-state index in [1.54, 1.807) is 6.08 Å². The van der Waals surface area contributed by atoms with Crippen LogP contribution in [0.4, 0.5) is 0 Å². The SMILES string of the molecule is C=C[C@H](C)N([O-])Cc1ccccc1. The summed E-state index contributed by atoms with van der Waals surface area (Å²) in [6, 6.07) is 9.57. The molecule has 0 unspecified atom stereocenters. The zero-order valence-electron chi connectivity index (χ0n) is 7.81. The molecule has 2 nitrogen and oxygen atoms in total. The summed E-state index contributed by atoms with van der Waals surface area (Å²) in [7, 11) is 0. The summed E-state index contributed by atoms with van der Waals surface area (Å²) in [5, 5.41) is 12.4. The van der Waals surface area contributed by atoms with E-state index < -0.39 is 0 Å². The van der Waals surface area contributed by atoms with Crippen LogP contribution >= 0.6 is 0 Å². The lowest BCUT2D eigenvalue weighted by Crippen LogP contribution is -2.24. The van der Waals surface area contributed by atoms with Gasteiger partial charge in [-0.2, -0.15) is 0 Å². The summed E-state index contributed by atoms with van der Waals surface area (Å²) in [5.74, 6) is 0. The average Bonchev–Trinajstić information content (AvgIpc) is 2.18. The molecule has 0 radical (unpaired) electrons. The van der Waals surface area contributed by atoms with Crippen LogP contribution in [0.1, 0.15) is 12.5 Å². The van der Waals surface area contributed by atoms with E-state index in [-0.39, 0.29) is 6.04 Å². The van der Waals surface area contributed by atoms with Crippen LogP contribution in [0.2, 0.25) is 0 Å². The van der Waals surface area contributed by atoms with E-state index in [1.807, 2.05) is 37.3 Å². The Morgan fingerprint density at radius 3 is 2.62 bits per heavy atom. The third-order valence-electron chi connectivity index (χ3n) is 1.98. The molecule has 0 aliphatic rings. The molecular weight excluding hydrogens is 162 g/mol. The van der Waals surface area contributed by atoms with Crippen molar-refractivity contribution in [1.29, 1.82) is 0 Å². The van der Waals surface area contributed by atoms with Gasteiger partial charge in [0.2, 0.25) is 0 Å². The average molecular weight is 176 g/mol. The highest BCUT2D eigenvalue weighted by Gasteiger charge is 1.99. The Morgan fingerprint density at radius 2 is 2.08 bits per heavy atom. The smallest absolute Gasteiger partial charge is 0.0130 e. The van der Waals surface area contributed by atoms with Crippen LogP contribution in [-0.4, -0.2) is 11.1 Å². The molecule has 0 saturated heterocycles. The molecule has 0 spiro atoms. The maximum absolute atomic E-state index is 11.4. The number of nitrogens with zero attached hydrogens (tertiary/aromatic N) is 1. The van der Waals surface area contributed by atoms with Gasteiger partial charge in [0, 0.05) is 12.6 Å². The van der Waals surface area contributed by atoms with Crippen molar-refractivity contribution < 1.29 is 0 Å². The molecule has 0 saturated carbocycles. The normalized spacial score (nSPS) is 12.8. The topological polar surface area (TPSA) is 26.3 Å². The highest BCUT2D eigenvalue weighted by molar-refractivity contribution is 5.14. The van der Waals surface area contributed by atoms with Crippen LogP contribution in [0, 0.1) is 5.21 Å². The van der Waals surface area contributed by atoms with Gasteiger partial charge in [-0.25, -0.2) is 0 Å². The quantitative estimate of drug-likeness (QED) is 0.520. The number of rotatable bonds is 4. The minimum Gasteiger partial charge on any atom is -0.784 e.